The number of esters is 1. The molecule has 1 saturated heterocycles. The first-order valence-electron chi connectivity index (χ1n) is 8.19. The molecule has 1 aliphatic heterocycles. The molecular formula is C20H21NO3. The summed E-state index contributed by atoms with van der Waals surface area (Å²) in [6.45, 7) is 2.88. The zero-order valence-corrected chi connectivity index (χ0v) is 13.8. The molecule has 1 aliphatic rings. The summed E-state index contributed by atoms with van der Waals surface area (Å²) in [6, 6.07) is 18.2. The van der Waals surface area contributed by atoms with Crippen LogP contribution in [0.2, 0.25) is 0 Å². The van der Waals surface area contributed by atoms with Gasteiger partial charge in [0, 0.05) is 12.1 Å². The molecule has 0 radical (unpaired) electrons. The molecule has 0 spiro atoms. The van der Waals surface area contributed by atoms with Crippen LogP contribution in [0.4, 0.5) is 0 Å². The zero-order valence-electron chi connectivity index (χ0n) is 13.8. The lowest BCUT2D eigenvalue weighted by molar-refractivity contribution is 0.0185. The van der Waals surface area contributed by atoms with E-state index in [1.54, 1.807) is 24.3 Å². The van der Waals surface area contributed by atoms with Gasteiger partial charge >= 0.3 is 5.97 Å². The van der Waals surface area contributed by atoms with Crippen molar-refractivity contribution in [2.24, 2.45) is 0 Å². The Bertz CT molecular complexity index is 714. The van der Waals surface area contributed by atoms with E-state index in [1.807, 2.05) is 48.2 Å². The summed E-state index contributed by atoms with van der Waals surface area (Å²) in [5, 5.41) is 0. The van der Waals surface area contributed by atoms with E-state index in [-0.39, 0.29) is 18.5 Å². The summed E-state index contributed by atoms with van der Waals surface area (Å²) in [5.41, 5.74) is 0.734. The van der Waals surface area contributed by atoms with Crippen LogP contribution in [-0.2, 0) is 4.74 Å². The standard InChI is InChI=1S/C20H21NO3/c1-20(15-24-19(23)17-11-6-3-7-12-17)13-8-14-21(20)18(22)16-9-4-2-5-10-16/h2-7,9-12H,8,13-15H2,1H3. The van der Waals surface area contributed by atoms with Gasteiger partial charge in [-0.15, -0.1) is 0 Å². The molecule has 1 fully saturated rings. The molecule has 1 amide bonds. The van der Waals surface area contributed by atoms with Crippen molar-refractivity contribution in [1.29, 1.82) is 0 Å². The van der Waals surface area contributed by atoms with E-state index in [4.69, 9.17) is 4.74 Å². The highest BCUT2D eigenvalue weighted by Crippen LogP contribution is 2.31. The van der Waals surface area contributed by atoms with Crippen LogP contribution in [0, 0.1) is 0 Å². The largest absolute Gasteiger partial charge is 0.460 e. The Kier molecular flexibility index (Phi) is 4.65. The summed E-state index contributed by atoms with van der Waals surface area (Å²) in [4.78, 5) is 26.8. The monoisotopic (exact) mass is 323 g/mol. The molecule has 4 nitrogen and oxygen atoms in total. The van der Waals surface area contributed by atoms with Crippen molar-refractivity contribution in [2.45, 2.75) is 25.3 Å². The van der Waals surface area contributed by atoms with E-state index in [9.17, 15) is 9.59 Å². The van der Waals surface area contributed by atoms with Gasteiger partial charge in [0.2, 0.25) is 0 Å². The Morgan fingerprint density at radius 2 is 1.58 bits per heavy atom. The van der Waals surface area contributed by atoms with Gasteiger partial charge in [-0.1, -0.05) is 36.4 Å². The number of carbonyl (C=O) groups is 2. The summed E-state index contributed by atoms with van der Waals surface area (Å²) < 4.78 is 5.50. The average Bonchev–Trinajstić information content (AvgIpc) is 3.02. The Labute approximate surface area is 142 Å². The first-order valence-corrected chi connectivity index (χ1v) is 8.19. The molecule has 0 N–H and O–H groups in total. The molecule has 1 unspecified atom stereocenters. The third-order valence-corrected chi connectivity index (χ3v) is 4.54. The molecule has 24 heavy (non-hydrogen) atoms. The molecule has 0 saturated carbocycles. The maximum Gasteiger partial charge on any atom is 0.338 e. The van der Waals surface area contributed by atoms with Crippen molar-refractivity contribution in [3.63, 3.8) is 0 Å². The van der Waals surface area contributed by atoms with Gasteiger partial charge in [-0.2, -0.15) is 0 Å². The van der Waals surface area contributed by atoms with Gasteiger partial charge < -0.3 is 9.64 Å². The third kappa shape index (κ3) is 3.32. The van der Waals surface area contributed by atoms with Crippen LogP contribution in [0.1, 0.15) is 40.5 Å². The highest BCUT2D eigenvalue weighted by Gasteiger charge is 2.41. The second-order valence-corrected chi connectivity index (χ2v) is 6.37. The Morgan fingerprint density at radius 3 is 2.21 bits per heavy atom. The number of amides is 1. The van der Waals surface area contributed by atoms with Crippen molar-refractivity contribution < 1.29 is 14.3 Å². The quantitative estimate of drug-likeness (QED) is 0.809. The Morgan fingerprint density at radius 1 is 1.00 bits per heavy atom. The van der Waals surface area contributed by atoms with Crippen molar-refractivity contribution in [1.82, 2.24) is 4.90 Å². The minimum atomic E-state index is -0.461. The van der Waals surface area contributed by atoms with Crippen molar-refractivity contribution >= 4 is 11.9 Å². The van der Waals surface area contributed by atoms with Crippen LogP contribution in [-0.4, -0.2) is 35.5 Å². The van der Waals surface area contributed by atoms with Crippen LogP contribution in [0.3, 0.4) is 0 Å². The molecule has 4 heteroatoms. The molecule has 0 bridgehead atoms. The number of rotatable bonds is 4. The van der Waals surface area contributed by atoms with Crippen molar-refractivity contribution in [3.05, 3.63) is 71.8 Å². The maximum atomic E-state index is 12.8. The fourth-order valence-electron chi connectivity index (χ4n) is 3.13. The predicted octanol–water partition coefficient (Wildman–Crippen LogP) is 3.54. The molecule has 1 heterocycles. The third-order valence-electron chi connectivity index (χ3n) is 4.54. The summed E-state index contributed by atoms with van der Waals surface area (Å²) in [7, 11) is 0. The average molecular weight is 323 g/mol. The number of hydrogen-bond acceptors (Lipinski definition) is 3. The summed E-state index contributed by atoms with van der Waals surface area (Å²) >= 11 is 0. The van der Waals surface area contributed by atoms with Crippen molar-refractivity contribution in [2.75, 3.05) is 13.2 Å². The molecular weight excluding hydrogens is 302 g/mol. The zero-order chi connectivity index (χ0) is 17.0. The van der Waals surface area contributed by atoms with Crippen LogP contribution >= 0.6 is 0 Å². The number of ether oxygens (including phenoxy) is 1. The van der Waals surface area contributed by atoms with E-state index in [0.29, 0.717) is 17.7 Å². The molecule has 1 atom stereocenters. The molecule has 3 rings (SSSR count). The second-order valence-electron chi connectivity index (χ2n) is 6.37. The smallest absolute Gasteiger partial charge is 0.338 e. The predicted molar refractivity (Wildman–Crippen MR) is 91.8 cm³/mol. The molecule has 124 valence electrons. The second kappa shape index (κ2) is 6.87. The summed E-state index contributed by atoms with van der Waals surface area (Å²) in [6.07, 6.45) is 1.74. The fraction of sp³-hybridized carbons (Fsp3) is 0.300. The Balaban J connectivity index is 1.69. The van der Waals surface area contributed by atoms with Gasteiger partial charge in [-0.05, 0) is 44.0 Å². The van der Waals surface area contributed by atoms with E-state index >= 15 is 0 Å². The number of carbonyl (C=O) groups excluding carboxylic acids is 2. The van der Waals surface area contributed by atoms with Crippen LogP contribution in [0.5, 0.6) is 0 Å². The molecule has 0 aromatic heterocycles. The van der Waals surface area contributed by atoms with Gasteiger partial charge in [0.1, 0.15) is 6.61 Å². The lowest BCUT2D eigenvalue weighted by Crippen LogP contribution is -2.48. The van der Waals surface area contributed by atoms with E-state index in [2.05, 4.69) is 0 Å². The van der Waals surface area contributed by atoms with Crippen LogP contribution < -0.4 is 0 Å². The lowest BCUT2D eigenvalue weighted by Gasteiger charge is -2.34. The van der Waals surface area contributed by atoms with E-state index in [1.165, 1.54) is 0 Å². The van der Waals surface area contributed by atoms with E-state index in [0.717, 1.165) is 12.8 Å². The SMILES string of the molecule is CC1(COC(=O)c2ccccc2)CCCN1C(=O)c1ccccc1. The van der Waals surface area contributed by atoms with Crippen LogP contribution in [0.15, 0.2) is 60.7 Å². The molecule has 0 aliphatic carbocycles. The lowest BCUT2D eigenvalue weighted by atomic mass is 9.99. The summed E-state index contributed by atoms with van der Waals surface area (Å²) in [5.74, 6) is -0.359. The van der Waals surface area contributed by atoms with Gasteiger partial charge in [-0.3, -0.25) is 4.79 Å². The number of nitrogens with zero attached hydrogens (tertiary/aromatic N) is 1. The number of likely N-dealkylation sites (tertiary alicyclic amines) is 1. The number of benzene rings is 2. The fourth-order valence-corrected chi connectivity index (χ4v) is 3.13. The highest BCUT2D eigenvalue weighted by molar-refractivity contribution is 5.95. The minimum Gasteiger partial charge on any atom is -0.460 e. The van der Waals surface area contributed by atoms with Crippen LogP contribution in [0.25, 0.3) is 0 Å². The first kappa shape index (κ1) is 16.2. The highest BCUT2D eigenvalue weighted by atomic mass is 16.5. The maximum absolute atomic E-state index is 12.8. The van der Waals surface area contributed by atoms with E-state index < -0.39 is 5.54 Å². The first-order chi connectivity index (χ1) is 11.6. The van der Waals surface area contributed by atoms with Gasteiger partial charge in [0.25, 0.3) is 5.91 Å². The normalized spacial score (nSPS) is 20.0. The van der Waals surface area contributed by atoms with Gasteiger partial charge in [0.15, 0.2) is 0 Å². The topological polar surface area (TPSA) is 46.6 Å². The molecule has 2 aromatic carbocycles. The van der Waals surface area contributed by atoms with Gasteiger partial charge in [0.05, 0.1) is 11.1 Å². The molecule has 2 aromatic rings. The van der Waals surface area contributed by atoms with Crippen molar-refractivity contribution in [3.8, 4) is 0 Å². The van der Waals surface area contributed by atoms with Gasteiger partial charge in [-0.25, -0.2) is 4.79 Å². The number of hydrogen-bond donors (Lipinski definition) is 0. The minimum absolute atomic E-state index is 0.00800. The Hall–Kier alpha value is -2.62.